The number of pyridine rings is 4. The minimum Gasteiger partial charge on any atom is -0.276 e. The van der Waals surface area contributed by atoms with E-state index in [4.69, 9.17) is 0 Å². The second-order valence-electron chi connectivity index (χ2n) is 7.92. The van der Waals surface area contributed by atoms with Crippen LogP contribution in [0.15, 0.2) is 24.8 Å². The number of carbonyl (C=O) groups excluding carboxylic acids is 4. The van der Waals surface area contributed by atoms with Gasteiger partial charge in [0.15, 0.2) is 0 Å². The van der Waals surface area contributed by atoms with Gasteiger partial charge in [-0.25, -0.2) is 9.97 Å². The van der Waals surface area contributed by atoms with Crippen molar-refractivity contribution in [2.24, 2.45) is 0 Å². The zero-order valence-electron chi connectivity index (χ0n) is 16.6. The van der Waals surface area contributed by atoms with Crippen molar-refractivity contribution in [3.63, 3.8) is 0 Å². The molecule has 4 aromatic heterocycles. The van der Waals surface area contributed by atoms with Crippen LogP contribution in [0.3, 0.4) is 0 Å². The van der Waals surface area contributed by atoms with Crippen LogP contribution in [0.4, 0.5) is 0 Å². The molecule has 0 unspecified atom stereocenters. The smallest absolute Gasteiger partial charge is 0.276 e. The Kier molecular flexibility index (Phi) is 2.77. The van der Waals surface area contributed by atoms with Crippen molar-refractivity contribution in [1.29, 1.82) is 0 Å². The monoisotopic (exact) mass is 422 g/mol. The predicted molar refractivity (Wildman–Crippen MR) is 112 cm³/mol. The number of benzene rings is 1. The van der Waals surface area contributed by atoms with Crippen LogP contribution in [0.25, 0.3) is 43.4 Å². The van der Waals surface area contributed by atoms with Gasteiger partial charge in [-0.1, -0.05) is 0 Å². The van der Waals surface area contributed by atoms with Crippen molar-refractivity contribution < 1.29 is 19.2 Å². The lowest BCUT2D eigenvalue weighted by Gasteiger charge is -2.26. The Labute approximate surface area is 177 Å². The van der Waals surface area contributed by atoms with Gasteiger partial charge in [0.25, 0.3) is 23.6 Å². The molecule has 10 heteroatoms. The molecule has 6 heterocycles. The lowest BCUT2D eigenvalue weighted by molar-refractivity contribution is 0.0631. The molecule has 1 aromatic carbocycles. The Bertz CT molecular complexity index is 1540. The fourth-order valence-electron chi connectivity index (χ4n) is 4.83. The number of fused-ring (bicyclic) bond motifs is 2. The van der Waals surface area contributed by atoms with Crippen molar-refractivity contribution in [3.8, 4) is 0 Å². The van der Waals surface area contributed by atoms with Crippen LogP contribution < -0.4 is 0 Å². The number of rotatable bonds is 0. The van der Waals surface area contributed by atoms with Crippen LogP contribution in [0, 0.1) is 0 Å². The summed E-state index contributed by atoms with van der Waals surface area (Å²) in [7, 11) is 2.81. The van der Waals surface area contributed by atoms with Gasteiger partial charge in [-0.05, 0) is 0 Å². The van der Waals surface area contributed by atoms with Gasteiger partial charge in [0.1, 0.15) is 11.4 Å². The highest BCUT2D eigenvalue weighted by atomic mass is 16.2. The van der Waals surface area contributed by atoms with Crippen molar-refractivity contribution in [2.45, 2.75) is 0 Å². The highest BCUT2D eigenvalue weighted by Gasteiger charge is 2.36. The Morgan fingerprint density at radius 3 is 1.34 bits per heavy atom. The first-order chi connectivity index (χ1) is 15.4. The van der Waals surface area contributed by atoms with Gasteiger partial charge in [-0.3, -0.25) is 38.9 Å². The molecule has 32 heavy (non-hydrogen) atoms. The van der Waals surface area contributed by atoms with Crippen LogP contribution in [0.1, 0.15) is 41.7 Å². The topological polar surface area (TPSA) is 126 Å². The molecule has 5 aromatic rings. The van der Waals surface area contributed by atoms with E-state index in [9.17, 15) is 19.2 Å². The Morgan fingerprint density at radius 2 is 0.938 bits per heavy atom. The maximum atomic E-state index is 12.7. The van der Waals surface area contributed by atoms with E-state index in [1.165, 1.54) is 38.9 Å². The summed E-state index contributed by atoms with van der Waals surface area (Å²) in [5.41, 5.74) is 1.89. The van der Waals surface area contributed by atoms with Crippen molar-refractivity contribution in [1.82, 2.24) is 29.7 Å². The first-order valence-corrected chi connectivity index (χ1v) is 9.69. The number of carbonyl (C=O) groups is 4. The maximum Gasteiger partial charge on any atom is 0.279 e. The molecule has 0 fully saturated rings. The molecule has 0 bridgehead atoms. The molecule has 0 spiro atoms. The van der Waals surface area contributed by atoms with Crippen LogP contribution >= 0.6 is 0 Å². The number of aromatic nitrogens is 4. The van der Waals surface area contributed by atoms with Gasteiger partial charge < -0.3 is 0 Å². The van der Waals surface area contributed by atoms with E-state index >= 15 is 0 Å². The maximum absolute atomic E-state index is 12.7. The molecular weight excluding hydrogens is 412 g/mol. The van der Waals surface area contributed by atoms with Gasteiger partial charge in [-0.15, -0.1) is 0 Å². The molecule has 4 amide bonds. The quantitative estimate of drug-likeness (QED) is 0.210. The summed E-state index contributed by atoms with van der Waals surface area (Å²) in [5.74, 6) is -1.90. The second-order valence-corrected chi connectivity index (χ2v) is 7.92. The molecule has 0 radical (unpaired) electrons. The van der Waals surface area contributed by atoms with E-state index in [2.05, 4.69) is 19.9 Å². The fraction of sp³-hybridized carbons (Fsp3) is 0.0909. The molecule has 0 saturated carbocycles. The number of amides is 4. The summed E-state index contributed by atoms with van der Waals surface area (Å²) in [4.78, 5) is 70.8. The zero-order chi connectivity index (χ0) is 22.0. The van der Waals surface area contributed by atoms with Crippen LogP contribution in [-0.4, -0.2) is 67.5 Å². The molecule has 0 saturated heterocycles. The minimum atomic E-state index is -0.493. The van der Waals surface area contributed by atoms with Crippen molar-refractivity contribution >= 4 is 67.0 Å². The molecule has 7 rings (SSSR count). The summed E-state index contributed by atoms with van der Waals surface area (Å²) >= 11 is 0. The molecule has 0 aliphatic carbocycles. The average Bonchev–Trinajstić information content (AvgIpc) is 2.82. The zero-order valence-corrected chi connectivity index (χ0v) is 16.6. The molecule has 152 valence electrons. The van der Waals surface area contributed by atoms with Gasteiger partial charge in [0.05, 0.1) is 22.2 Å². The largest absolute Gasteiger partial charge is 0.279 e. The minimum absolute atomic E-state index is 0.165. The third kappa shape index (κ3) is 1.66. The summed E-state index contributed by atoms with van der Waals surface area (Å²) in [6.07, 6.45) is 5.91. The fourth-order valence-corrected chi connectivity index (χ4v) is 4.83. The van der Waals surface area contributed by atoms with Crippen LogP contribution in [0.5, 0.6) is 0 Å². The predicted octanol–water partition coefficient (Wildman–Crippen LogP) is 1.77. The van der Waals surface area contributed by atoms with Crippen LogP contribution in [0.2, 0.25) is 0 Å². The molecule has 0 N–H and O–H groups in total. The van der Waals surface area contributed by atoms with Crippen molar-refractivity contribution in [3.05, 3.63) is 47.3 Å². The third-order valence-electron chi connectivity index (χ3n) is 6.41. The van der Waals surface area contributed by atoms with Gasteiger partial charge in [0.2, 0.25) is 0 Å². The first-order valence-electron chi connectivity index (χ1n) is 9.69. The molecule has 2 aliphatic heterocycles. The highest BCUT2D eigenvalue weighted by molar-refractivity contribution is 6.38. The summed E-state index contributed by atoms with van der Waals surface area (Å²) in [5, 5.41) is 3.17. The summed E-state index contributed by atoms with van der Waals surface area (Å²) in [6, 6.07) is 0. The first kappa shape index (κ1) is 17.1. The van der Waals surface area contributed by atoms with Gasteiger partial charge in [-0.2, -0.15) is 0 Å². The number of imide groups is 2. The SMILES string of the molecule is CN1C(=O)c2cnc3c4cnc5c6c(cnc(c7cnc(c2c73)C1=O)c64)C(=O)N(C)C5=O. The number of hydrogen-bond donors (Lipinski definition) is 0. The standard InChI is InChI=1S/C22H10N6O4/c1-27-19(29)9-5-23-15-8-4-26-18-14-10(20(30)28(2)22(18)32)6-24-16(12(8)14)7-3-25-17(21(27)31)13(9)11(7)15/h3-6H,1-2H3. The molecule has 2 aliphatic rings. The Morgan fingerprint density at radius 1 is 0.531 bits per heavy atom. The van der Waals surface area contributed by atoms with E-state index in [0.717, 1.165) is 9.80 Å². The molecular formula is C22H10N6O4. The Balaban J connectivity index is 1.77. The van der Waals surface area contributed by atoms with E-state index in [1.54, 1.807) is 0 Å². The number of hydrogen-bond acceptors (Lipinski definition) is 8. The summed E-state index contributed by atoms with van der Waals surface area (Å²) < 4.78 is 0. The highest BCUT2D eigenvalue weighted by Crippen LogP contribution is 2.43. The lowest BCUT2D eigenvalue weighted by atomic mass is 9.90. The normalized spacial score (nSPS) is 15.9. The van der Waals surface area contributed by atoms with E-state index in [0.29, 0.717) is 43.4 Å². The van der Waals surface area contributed by atoms with Crippen molar-refractivity contribution in [2.75, 3.05) is 14.1 Å². The summed E-state index contributed by atoms with van der Waals surface area (Å²) in [6.45, 7) is 0. The lowest BCUT2D eigenvalue weighted by Crippen LogP contribution is -2.38. The molecule has 0 atom stereocenters. The second kappa shape index (κ2) is 5.17. The van der Waals surface area contributed by atoms with Gasteiger partial charge in [0, 0.05) is 71.2 Å². The Hall–Kier alpha value is -4.60. The van der Waals surface area contributed by atoms with Crippen LogP contribution in [-0.2, 0) is 0 Å². The van der Waals surface area contributed by atoms with E-state index in [1.807, 2.05) is 0 Å². The number of nitrogens with zero attached hydrogens (tertiary/aromatic N) is 6. The average molecular weight is 422 g/mol. The third-order valence-corrected chi connectivity index (χ3v) is 6.41. The molecule has 10 nitrogen and oxygen atoms in total. The van der Waals surface area contributed by atoms with Gasteiger partial charge >= 0.3 is 0 Å². The van der Waals surface area contributed by atoms with E-state index in [-0.39, 0.29) is 22.5 Å². The van der Waals surface area contributed by atoms with E-state index < -0.39 is 23.6 Å².